The van der Waals surface area contributed by atoms with Gasteiger partial charge < -0.3 is 15.4 Å². The monoisotopic (exact) mass is 358 g/mol. The molecule has 0 aliphatic carbocycles. The van der Waals surface area contributed by atoms with Crippen molar-refractivity contribution in [1.29, 1.82) is 0 Å². The first kappa shape index (κ1) is 17.3. The summed E-state index contributed by atoms with van der Waals surface area (Å²) >= 11 is 6.01. The Morgan fingerprint density at radius 3 is 2.88 bits per heavy atom. The molecule has 2 aromatic carbocycles. The molecule has 2 N–H and O–H groups in total. The third-order valence-electron chi connectivity index (χ3n) is 3.93. The van der Waals surface area contributed by atoms with Crippen LogP contribution < -0.4 is 15.4 Å². The minimum Gasteiger partial charge on any atom is -0.492 e. The van der Waals surface area contributed by atoms with Crippen molar-refractivity contribution < 1.29 is 14.3 Å². The van der Waals surface area contributed by atoms with Crippen molar-refractivity contribution in [2.45, 2.75) is 25.7 Å². The number of aryl methyl sites for hydroxylation is 1. The first-order chi connectivity index (χ1) is 12.1. The molecular weight excluding hydrogens is 340 g/mol. The highest BCUT2D eigenvalue weighted by atomic mass is 35.5. The van der Waals surface area contributed by atoms with Gasteiger partial charge in [-0.25, -0.2) is 0 Å². The summed E-state index contributed by atoms with van der Waals surface area (Å²) in [6, 6.07) is 12.8. The Labute approximate surface area is 151 Å². The van der Waals surface area contributed by atoms with Crippen LogP contribution in [0.3, 0.4) is 0 Å². The number of carbonyl (C=O) groups excluding carboxylic acids is 2. The number of halogens is 1. The van der Waals surface area contributed by atoms with Crippen LogP contribution in [-0.4, -0.2) is 18.4 Å². The maximum atomic E-state index is 12.0. The fraction of sp³-hybridized carbons (Fsp3) is 0.263. The minimum absolute atomic E-state index is 0.0304. The van der Waals surface area contributed by atoms with Crippen molar-refractivity contribution in [3.8, 4) is 5.75 Å². The highest BCUT2D eigenvalue weighted by Gasteiger charge is 2.15. The molecule has 0 spiro atoms. The average molecular weight is 359 g/mol. The lowest BCUT2D eigenvalue weighted by Crippen LogP contribution is -2.19. The van der Waals surface area contributed by atoms with Crippen LogP contribution in [0.2, 0.25) is 5.02 Å². The third kappa shape index (κ3) is 4.73. The first-order valence-corrected chi connectivity index (χ1v) is 8.59. The Kier molecular flexibility index (Phi) is 5.56. The number of carbonyl (C=O) groups is 2. The summed E-state index contributed by atoms with van der Waals surface area (Å²) in [5.41, 5.74) is 2.61. The van der Waals surface area contributed by atoms with Gasteiger partial charge in [0.05, 0.1) is 11.6 Å². The minimum atomic E-state index is -0.0671. The van der Waals surface area contributed by atoms with Gasteiger partial charge in [-0.3, -0.25) is 9.59 Å². The number of nitrogens with one attached hydrogen (secondary N) is 2. The number of rotatable bonds is 6. The third-order valence-corrected chi connectivity index (χ3v) is 4.24. The zero-order valence-electron chi connectivity index (χ0n) is 13.7. The number of amides is 2. The van der Waals surface area contributed by atoms with Gasteiger partial charge in [-0.05, 0) is 48.7 Å². The summed E-state index contributed by atoms with van der Waals surface area (Å²) in [6.45, 7) is 0.424. The van der Waals surface area contributed by atoms with Gasteiger partial charge in [0.1, 0.15) is 5.75 Å². The molecule has 6 heteroatoms. The number of benzene rings is 2. The zero-order chi connectivity index (χ0) is 17.6. The molecule has 0 aromatic heterocycles. The van der Waals surface area contributed by atoms with Crippen molar-refractivity contribution >= 4 is 34.8 Å². The van der Waals surface area contributed by atoms with Crippen LogP contribution >= 0.6 is 11.6 Å². The Balaban J connectivity index is 1.45. The molecule has 25 heavy (non-hydrogen) atoms. The lowest BCUT2D eigenvalue weighted by molar-refractivity contribution is -0.117. The normalized spacial score (nSPS) is 12.9. The van der Waals surface area contributed by atoms with E-state index in [1.165, 1.54) is 0 Å². The SMILES string of the molecule is O=C(CCCOc1ccccc1Cl)Nc1ccc2c(c1)CCC(=O)N2. The van der Waals surface area contributed by atoms with E-state index in [1.54, 1.807) is 18.2 Å². The van der Waals surface area contributed by atoms with Crippen molar-refractivity contribution in [2.24, 2.45) is 0 Å². The van der Waals surface area contributed by atoms with E-state index in [0.29, 0.717) is 43.1 Å². The second kappa shape index (κ2) is 8.03. The summed E-state index contributed by atoms with van der Waals surface area (Å²) in [5, 5.41) is 6.27. The molecule has 3 rings (SSSR count). The number of anilines is 2. The van der Waals surface area contributed by atoms with Gasteiger partial charge in [0, 0.05) is 24.2 Å². The van der Waals surface area contributed by atoms with Gasteiger partial charge in [-0.15, -0.1) is 0 Å². The number of hydrogen-bond donors (Lipinski definition) is 2. The van der Waals surface area contributed by atoms with E-state index >= 15 is 0 Å². The molecule has 1 heterocycles. The summed E-state index contributed by atoms with van der Waals surface area (Å²) in [6.07, 6.45) is 2.12. The van der Waals surface area contributed by atoms with E-state index < -0.39 is 0 Å². The molecule has 1 aliphatic rings. The van der Waals surface area contributed by atoms with Gasteiger partial charge >= 0.3 is 0 Å². The quantitative estimate of drug-likeness (QED) is 0.766. The molecule has 2 aromatic rings. The topological polar surface area (TPSA) is 67.4 Å². The van der Waals surface area contributed by atoms with Gasteiger partial charge in [-0.2, -0.15) is 0 Å². The van der Waals surface area contributed by atoms with Gasteiger partial charge in [-0.1, -0.05) is 23.7 Å². The molecule has 0 bridgehead atoms. The van der Waals surface area contributed by atoms with E-state index in [4.69, 9.17) is 16.3 Å². The standard InChI is InChI=1S/C19H19ClN2O3/c20-15-4-1-2-5-17(15)25-11-3-6-18(23)21-14-8-9-16-13(12-14)7-10-19(24)22-16/h1-2,4-5,8-9,12H,3,6-7,10-11H2,(H,21,23)(H,22,24). The van der Waals surface area contributed by atoms with Gasteiger partial charge in [0.15, 0.2) is 0 Å². The van der Waals surface area contributed by atoms with Crippen LogP contribution in [0.15, 0.2) is 42.5 Å². The molecule has 0 fully saturated rings. The van der Waals surface area contributed by atoms with Crippen molar-refractivity contribution in [2.75, 3.05) is 17.2 Å². The number of ether oxygens (including phenoxy) is 1. The Morgan fingerprint density at radius 2 is 2.04 bits per heavy atom. The van der Waals surface area contributed by atoms with Crippen LogP contribution in [-0.2, 0) is 16.0 Å². The molecular formula is C19H19ClN2O3. The maximum absolute atomic E-state index is 12.0. The summed E-state index contributed by atoms with van der Waals surface area (Å²) in [5.74, 6) is 0.590. The van der Waals surface area contributed by atoms with E-state index in [-0.39, 0.29) is 11.8 Å². The fourth-order valence-corrected chi connectivity index (χ4v) is 2.85. The maximum Gasteiger partial charge on any atom is 0.224 e. The van der Waals surface area contributed by atoms with Crippen molar-refractivity contribution in [1.82, 2.24) is 0 Å². The van der Waals surface area contributed by atoms with E-state index in [0.717, 1.165) is 16.9 Å². The molecule has 130 valence electrons. The summed E-state index contributed by atoms with van der Waals surface area (Å²) in [7, 11) is 0. The van der Waals surface area contributed by atoms with Crippen LogP contribution in [0.1, 0.15) is 24.8 Å². The highest BCUT2D eigenvalue weighted by molar-refractivity contribution is 6.32. The lowest BCUT2D eigenvalue weighted by atomic mass is 10.0. The number of fused-ring (bicyclic) bond motifs is 1. The molecule has 1 aliphatic heterocycles. The predicted molar refractivity (Wildman–Crippen MR) is 98.2 cm³/mol. The van der Waals surface area contributed by atoms with Crippen LogP contribution in [0.25, 0.3) is 0 Å². The molecule has 2 amide bonds. The Bertz CT molecular complexity index is 792. The Morgan fingerprint density at radius 1 is 1.20 bits per heavy atom. The van der Waals surface area contributed by atoms with Gasteiger partial charge in [0.25, 0.3) is 0 Å². The smallest absolute Gasteiger partial charge is 0.224 e. The molecule has 0 atom stereocenters. The number of para-hydroxylation sites is 1. The second-order valence-electron chi connectivity index (χ2n) is 5.85. The Hall–Kier alpha value is -2.53. The van der Waals surface area contributed by atoms with Crippen LogP contribution in [0, 0.1) is 0 Å². The highest BCUT2D eigenvalue weighted by Crippen LogP contribution is 2.26. The van der Waals surface area contributed by atoms with Crippen molar-refractivity contribution in [3.05, 3.63) is 53.1 Å². The first-order valence-electron chi connectivity index (χ1n) is 8.22. The second-order valence-corrected chi connectivity index (χ2v) is 6.26. The molecule has 0 saturated heterocycles. The summed E-state index contributed by atoms with van der Waals surface area (Å²) < 4.78 is 5.57. The number of hydrogen-bond acceptors (Lipinski definition) is 3. The predicted octanol–water partition coefficient (Wildman–Crippen LogP) is 4.02. The van der Waals surface area contributed by atoms with Gasteiger partial charge in [0.2, 0.25) is 11.8 Å². The largest absolute Gasteiger partial charge is 0.492 e. The molecule has 5 nitrogen and oxygen atoms in total. The lowest BCUT2D eigenvalue weighted by Gasteiger charge is -2.17. The fourth-order valence-electron chi connectivity index (χ4n) is 2.66. The summed E-state index contributed by atoms with van der Waals surface area (Å²) in [4.78, 5) is 23.4. The molecule has 0 unspecified atom stereocenters. The zero-order valence-corrected chi connectivity index (χ0v) is 14.4. The molecule has 0 radical (unpaired) electrons. The van der Waals surface area contributed by atoms with Crippen LogP contribution in [0.4, 0.5) is 11.4 Å². The van der Waals surface area contributed by atoms with E-state index in [1.807, 2.05) is 24.3 Å². The van der Waals surface area contributed by atoms with E-state index in [2.05, 4.69) is 10.6 Å². The van der Waals surface area contributed by atoms with Crippen LogP contribution in [0.5, 0.6) is 5.75 Å². The molecule has 0 saturated carbocycles. The van der Waals surface area contributed by atoms with E-state index in [9.17, 15) is 9.59 Å². The average Bonchev–Trinajstić information content (AvgIpc) is 2.60. The van der Waals surface area contributed by atoms with Crippen molar-refractivity contribution in [3.63, 3.8) is 0 Å².